The topological polar surface area (TPSA) is 20.3 Å². The lowest BCUT2D eigenvalue weighted by Crippen LogP contribution is -2.27. The molecular formula is C17H16BrNOS. The van der Waals surface area contributed by atoms with E-state index in [1.165, 1.54) is 11.1 Å². The molecule has 2 aromatic rings. The summed E-state index contributed by atoms with van der Waals surface area (Å²) in [5.41, 5.74) is 4.53. The molecule has 4 heteroatoms. The van der Waals surface area contributed by atoms with Gasteiger partial charge in [0, 0.05) is 10.2 Å². The van der Waals surface area contributed by atoms with Crippen molar-refractivity contribution in [2.24, 2.45) is 0 Å². The van der Waals surface area contributed by atoms with Crippen LogP contribution in [0.1, 0.15) is 22.1 Å². The van der Waals surface area contributed by atoms with Crippen molar-refractivity contribution in [1.82, 2.24) is 0 Å². The molecule has 1 heterocycles. The molecule has 0 aliphatic carbocycles. The van der Waals surface area contributed by atoms with Gasteiger partial charge in [-0.2, -0.15) is 0 Å². The number of hydrogen-bond acceptors (Lipinski definition) is 2. The minimum absolute atomic E-state index is 0.0619. The SMILES string of the molecule is Cc1cc(C)cc(N2C(=O)CS[C@@H]2c2ccc(Br)cc2)c1. The first-order chi connectivity index (χ1) is 10.0. The Morgan fingerprint density at radius 2 is 1.71 bits per heavy atom. The molecule has 2 aromatic carbocycles. The van der Waals surface area contributed by atoms with Crippen molar-refractivity contribution in [3.63, 3.8) is 0 Å². The first-order valence-corrected chi connectivity index (χ1v) is 8.66. The quantitative estimate of drug-likeness (QED) is 0.762. The largest absolute Gasteiger partial charge is 0.295 e. The molecule has 1 saturated heterocycles. The molecule has 1 amide bonds. The summed E-state index contributed by atoms with van der Waals surface area (Å²) in [4.78, 5) is 14.3. The van der Waals surface area contributed by atoms with Crippen LogP contribution in [0.25, 0.3) is 0 Å². The number of carbonyl (C=O) groups excluding carboxylic acids is 1. The van der Waals surface area contributed by atoms with Crippen molar-refractivity contribution in [2.45, 2.75) is 19.2 Å². The number of anilines is 1. The molecule has 1 fully saturated rings. The van der Waals surface area contributed by atoms with Gasteiger partial charge in [0.15, 0.2) is 0 Å². The van der Waals surface area contributed by atoms with Crippen molar-refractivity contribution in [3.05, 3.63) is 63.6 Å². The van der Waals surface area contributed by atoms with E-state index in [0.29, 0.717) is 5.75 Å². The van der Waals surface area contributed by atoms with Crippen LogP contribution in [0.2, 0.25) is 0 Å². The van der Waals surface area contributed by atoms with E-state index in [1.54, 1.807) is 11.8 Å². The second-order valence-corrected chi connectivity index (χ2v) is 7.31. The Balaban J connectivity index is 2.01. The maximum absolute atomic E-state index is 12.3. The summed E-state index contributed by atoms with van der Waals surface area (Å²) < 4.78 is 1.05. The summed E-state index contributed by atoms with van der Waals surface area (Å²) in [5, 5.41) is 0.0619. The number of rotatable bonds is 2. The van der Waals surface area contributed by atoms with Gasteiger partial charge >= 0.3 is 0 Å². The van der Waals surface area contributed by atoms with E-state index in [9.17, 15) is 4.79 Å². The average molecular weight is 362 g/mol. The van der Waals surface area contributed by atoms with Gasteiger partial charge in [-0.1, -0.05) is 34.1 Å². The predicted octanol–water partition coefficient (Wildman–Crippen LogP) is 4.84. The summed E-state index contributed by atoms with van der Waals surface area (Å²) in [6.07, 6.45) is 0. The number of aryl methyl sites for hydroxylation is 2. The monoisotopic (exact) mass is 361 g/mol. The lowest BCUT2D eigenvalue weighted by molar-refractivity contribution is -0.115. The summed E-state index contributed by atoms with van der Waals surface area (Å²) in [7, 11) is 0. The summed E-state index contributed by atoms with van der Waals surface area (Å²) >= 11 is 5.14. The zero-order valence-electron chi connectivity index (χ0n) is 12.0. The van der Waals surface area contributed by atoms with Gasteiger partial charge in [-0.15, -0.1) is 11.8 Å². The molecule has 2 nitrogen and oxygen atoms in total. The number of carbonyl (C=O) groups is 1. The Bertz CT molecular complexity index is 663. The van der Waals surface area contributed by atoms with Gasteiger partial charge in [-0.05, 0) is 54.8 Å². The highest BCUT2D eigenvalue weighted by atomic mass is 79.9. The molecule has 3 rings (SSSR count). The van der Waals surface area contributed by atoms with Crippen molar-refractivity contribution < 1.29 is 4.79 Å². The van der Waals surface area contributed by atoms with Crippen molar-refractivity contribution in [3.8, 4) is 0 Å². The molecule has 21 heavy (non-hydrogen) atoms. The summed E-state index contributed by atoms with van der Waals surface area (Å²) in [5.74, 6) is 0.714. The van der Waals surface area contributed by atoms with E-state index in [0.717, 1.165) is 15.7 Å². The number of benzene rings is 2. The zero-order valence-corrected chi connectivity index (χ0v) is 14.4. The van der Waals surface area contributed by atoms with E-state index in [2.05, 4.69) is 60.1 Å². The standard InChI is InChI=1S/C17H16BrNOS/c1-11-7-12(2)9-15(8-11)19-16(20)10-21-17(19)13-3-5-14(18)6-4-13/h3-9,17H,10H2,1-2H3/t17-/m1/s1. The maximum Gasteiger partial charge on any atom is 0.238 e. The van der Waals surface area contributed by atoms with Crippen LogP contribution >= 0.6 is 27.7 Å². The molecule has 0 radical (unpaired) electrons. The van der Waals surface area contributed by atoms with Crippen LogP contribution < -0.4 is 4.90 Å². The second-order valence-electron chi connectivity index (χ2n) is 5.32. The van der Waals surface area contributed by atoms with Gasteiger partial charge in [0.1, 0.15) is 5.37 Å². The van der Waals surface area contributed by atoms with Crippen LogP contribution in [0.15, 0.2) is 46.9 Å². The van der Waals surface area contributed by atoms with Gasteiger partial charge in [0.25, 0.3) is 0 Å². The third kappa shape index (κ3) is 3.01. The van der Waals surface area contributed by atoms with Crippen LogP contribution in [-0.4, -0.2) is 11.7 Å². The first-order valence-electron chi connectivity index (χ1n) is 6.82. The Morgan fingerprint density at radius 1 is 1.10 bits per heavy atom. The third-order valence-electron chi connectivity index (χ3n) is 3.51. The fourth-order valence-electron chi connectivity index (χ4n) is 2.67. The van der Waals surface area contributed by atoms with Crippen LogP contribution in [-0.2, 0) is 4.79 Å². The first kappa shape index (κ1) is 14.7. The number of hydrogen-bond donors (Lipinski definition) is 0. The molecular weight excluding hydrogens is 346 g/mol. The fourth-order valence-corrected chi connectivity index (χ4v) is 4.11. The molecule has 1 aliphatic heterocycles. The van der Waals surface area contributed by atoms with E-state index >= 15 is 0 Å². The minimum Gasteiger partial charge on any atom is -0.295 e. The highest BCUT2D eigenvalue weighted by Crippen LogP contribution is 2.42. The Morgan fingerprint density at radius 3 is 2.33 bits per heavy atom. The van der Waals surface area contributed by atoms with E-state index in [1.807, 2.05) is 17.0 Å². The normalized spacial score (nSPS) is 18.3. The number of nitrogens with zero attached hydrogens (tertiary/aromatic N) is 1. The molecule has 0 unspecified atom stereocenters. The molecule has 1 aliphatic rings. The molecule has 0 saturated carbocycles. The van der Waals surface area contributed by atoms with Gasteiger partial charge in [-0.3, -0.25) is 9.69 Å². The van der Waals surface area contributed by atoms with Crippen molar-refractivity contribution in [2.75, 3.05) is 10.7 Å². The number of halogens is 1. The lowest BCUT2D eigenvalue weighted by Gasteiger charge is -2.25. The summed E-state index contributed by atoms with van der Waals surface area (Å²) in [6.45, 7) is 4.14. The Kier molecular flexibility index (Phi) is 4.09. The van der Waals surface area contributed by atoms with Crippen LogP contribution in [0.5, 0.6) is 0 Å². The van der Waals surface area contributed by atoms with E-state index in [-0.39, 0.29) is 11.3 Å². The van der Waals surface area contributed by atoms with Gasteiger partial charge in [-0.25, -0.2) is 0 Å². The lowest BCUT2D eigenvalue weighted by atomic mass is 10.1. The number of amides is 1. The molecule has 1 atom stereocenters. The van der Waals surface area contributed by atoms with Crippen molar-refractivity contribution in [1.29, 1.82) is 0 Å². The van der Waals surface area contributed by atoms with Gasteiger partial charge in [0.2, 0.25) is 5.91 Å². The molecule has 0 spiro atoms. The number of thioether (sulfide) groups is 1. The summed E-state index contributed by atoms with van der Waals surface area (Å²) in [6, 6.07) is 14.5. The Hall–Kier alpha value is -1.26. The van der Waals surface area contributed by atoms with E-state index < -0.39 is 0 Å². The van der Waals surface area contributed by atoms with Crippen LogP contribution in [0.3, 0.4) is 0 Å². The highest BCUT2D eigenvalue weighted by molar-refractivity contribution is 9.10. The smallest absolute Gasteiger partial charge is 0.238 e. The third-order valence-corrected chi connectivity index (χ3v) is 5.25. The van der Waals surface area contributed by atoms with Crippen LogP contribution in [0.4, 0.5) is 5.69 Å². The van der Waals surface area contributed by atoms with Crippen molar-refractivity contribution >= 4 is 39.3 Å². The van der Waals surface area contributed by atoms with Crippen LogP contribution in [0, 0.1) is 13.8 Å². The Labute approximate surface area is 137 Å². The average Bonchev–Trinajstić information content (AvgIpc) is 2.80. The minimum atomic E-state index is 0.0619. The van der Waals surface area contributed by atoms with Gasteiger partial charge in [0.05, 0.1) is 5.75 Å². The molecule has 108 valence electrons. The second kappa shape index (κ2) is 5.85. The highest BCUT2D eigenvalue weighted by Gasteiger charge is 2.34. The zero-order chi connectivity index (χ0) is 15.0. The van der Waals surface area contributed by atoms with Gasteiger partial charge < -0.3 is 0 Å². The molecule has 0 N–H and O–H groups in total. The predicted molar refractivity (Wildman–Crippen MR) is 92.7 cm³/mol. The molecule has 0 aromatic heterocycles. The van der Waals surface area contributed by atoms with E-state index in [4.69, 9.17) is 0 Å². The fraction of sp³-hybridized carbons (Fsp3) is 0.235. The molecule has 0 bridgehead atoms. The maximum atomic E-state index is 12.3.